The molecule has 0 bridgehead atoms. The van der Waals surface area contributed by atoms with E-state index in [1.165, 1.54) is 116 Å². The van der Waals surface area contributed by atoms with Gasteiger partial charge < -0.3 is 14.9 Å². The van der Waals surface area contributed by atoms with Crippen molar-refractivity contribution in [3.63, 3.8) is 0 Å². The number of unbranched alkanes of at least 4 members (excludes halogenated alkanes) is 19. The molecule has 3 heteroatoms. The Bertz CT molecular complexity index is 258. The monoisotopic (exact) mass is 386 g/mol. The van der Waals surface area contributed by atoms with Gasteiger partial charge in [0.05, 0.1) is 0 Å². The Labute approximate surface area is 170 Å². The number of hydrogen-bond donors (Lipinski definition) is 2. The zero-order valence-electron chi connectivity index (χ0n) is 18.4. The van der Waals surface area contributed by atoms with Crippen LogP contribution in [-0.2, 0) is 4.74 Å². The number of aliphatic hydroxyl groups is 2. The van der Waals surface area contributed by atoms with E-state index >= 15 is 0 Å². The highest BCUT2D eigenvalue weighted by Crippen LogP contribution is 2.15. The van der Waals surface area contributed by atoms with Crippen molar-refractivity contribution in [1.29, 1.82) is 0 Å². The molecule has 0 heterocycles. The van der Waals surface area contributed by atoms with E-state index < -0.39 is 6.29 Å². The zero-order chi connectivity index (χ0) is 19.8. The molecule has 0 aromatic carbocycles. The lowest BCUT2D eigenvalue weighted by atomic mass is 10.0. The van der Waals surface area contributed by atoms with Gasteiger partial charge in [-0.1, -0.05) is 116 Å². The summed E-state index contributed by atoms with van der Waals surface area (Å²) in [5, 5.41) is 18.0. The minimum atomic E-state index is -0.558. The molecule has 0 aromatic heterocycles. The van der Waals surface area contributed by atoms with Crippen LogP contribution < -0.4 is 0 Å². The molecule has 1 atom stereocenters. The maximum Gasteiger partial charge on any atom is 0.154 e. The number of rotatable bonds is 23. The predicted octanol–water partition coefficient (Wildman–Crippen LogP) is 7.14. The molecule has 0 aliphatic heterocycles. The summed E-state index contributed by atoms with van der Waals surface area (Å²) < 4.78 is 4.84. The number of ether oxygens (including phenoxy) is 1. The third-order valence-corrected chi connectivity index (χ3v) is 5.63. The molecule has 2 N–H and O–H groups in total. The minimum absolute atomic E-state index is 0.363. The minimum Gasteiger partial charge on any atom is -0.396 e. The first-order chi connectivity index (χ1) is 13.3. The Kier molecular flexibility index (Phi) is 23.8. The van der Waals surface area contributed by atoms with Crippen LogP contribution >= 0.6 is 0 Å². The predicted molar refractivity (Wildman–Crippen MR) is 117 cm³/mol. The van der Waals surface area contributed by atoms with E-state index in [1.54, 1.807) is 7.11 Å². The normalized spacial score (nSPS) is 12.6. The average molecular weight is 387 g/mol. The van der Waals surface area contributed by atoms with Gasteiger partial charge in [-0.2, -0.15) is 0 Å². The van der Waals surface area contributed by atoms with E-state index in [-0.39, 0.29) is 0 Å². The quantitative estimate of drug-likeness (QED) is 0.145. The van der Waals surface area contributed by atoms with Crippen LogP contribution in [0.1, 0.15) is 135 Å². The lowest BCUT2D eigenvalue weighted by Crippen LogP contribution is -2.07. The van der Waals surface area contributed by atoms with Gasteiger partial charge >= 0.3 is 0 Å². The van der Waals surface area contributed by atoms with E-state index in [4.69, 9.17) is 9.84 Å². The van der Waals surface area contributed by atoms with E-state index in [0.29, 0.717) is 6.61 Å². The third kappa shape index (κ3) is 23.8. The van der Waals surface area contributed by atoms with Crippen molar-refractivity contribution in [3.8, 4) is 0 Å². The van der Waals surface area contributed by atoms with Gasteiger partial charge in [0.1, 0.15) is 0 Å². The van der Waals surface area contributed by atoms with Gasteiger partial charge in [-0.3, -0.25) is 0 Å². The lowest BCUT2D eigenvalue weighted by Gasteiger charge is -2.07. The second-order valence-corrected chi connectivity index (χ2v) is 8.27. The smallest absolute Gasteiger partial charge is 0.154 e. The zero-order valence-corrected chi connectivity index (χ0v) is 18.4. The van der Waals surface area contributed by atoms with E-state index in [2.05, 4.69) is 0 Å². The summed E-state index contributed by atoms with van der Waals surface area (Å²) in [5.41, 5.74) is 0. The summed E-state index contributed by atoms with van der Waals surface area (Å²) in [6.45, 7) is 0.363. The highest BCUT2D eigenvalue weighted by molar-refractivity contribution is 4.51. The Balaban J connectivity index is 2.99. The molecule has 0 aromatic rings. The fourth-order valence-corrected chi connectivity index (χ4v) is 3.73. The van der Waals surface area contributed by atoms with Crippen molar-refractivity contribution >= 4 is 0 Å². The van der Waals surface area contributed by atoms with Gasteiger partial charge in [0.2, 0.25) is 0 Å². The maximum atomic E-state index is 9.29. The first kappa shape index (κ1) is 26.9. The van der Waals surface area contributed by atoms with Crippen molar-refractivity contribution < 1.29 is 14.9 Å². The molecular formula is C24H50O3. The molecule has 0 aliphatic rings. The number of hydrogen-bond acceptors (Lipinski definition) is 3. The molecule has 0 saturated carbocycles. The third-order valence-electron chi connectivity index (χ3n) is 5.63. The van der Waals surface area contributed by atoms with Gasteiger partial charge in [0.25, 0.3) is 0 Å². The summed E-state index contributed by atoms with van der Waals surface area (Å²) in [6.07, 6.45) is 27.0. The van der Waals surface area contributed by atoms with E-state index in [9.17, 15) is 5.11 Å². The summed E-state index contributed by atoms with van der Waals surface area (Å²) in [4.78, 5) is 0. The Morgan fingerprint density at radius 1 is 0.481 bits per heavy atom. The molecule has 27 heavy (non-hydrogen) atoms. The highest BCUT2D eigenvalue weighted by Gasteiger charge is 2.00. The van der Waals surface area contributed by atoms with Crippen LogP contribution in [0.4, 0.5) is 0 Å². The van der Waals surface area contributed by atoms with Crippen LogP contribution in [0.15, 0.2) is 0 Å². The molecule has 0 spiro atoms. The summed E-state index contributed by atoms with van der Waals surface area (Å²) in [6, 6.07) is 0. The SMILES string of the molecule is COC(O)CCCCCCCCCCCCCCCCCCCCCCO. The van der Waals surface area contributed by atoms with Crippen LogP contribution in [0.2, 0.25) is 0 Å². The number of aliphatic hydroxyl groups excluding tert-OH is 2. The average Bonchev–Trinajstić information content (AvgIpc) is 2.68. The maximum absolute atomic E-state index is 9.29. The van der Waals surface area contributed by atoms with Crippen molar-refractivity contribution in [1.82, 2.24) is 0 Å². The van der Waals surface area contributed by atoms with E-state index in [1.807, 2.05) is 0 Å². The van der Waals surface area contributed by atoms with Crippen molar-refractivity contribution in [2.75, 3.05) is 13.7 Å². The Morgan fingerprint density at radius 2 is 0.741 bits per heavy atom. The molecule has 0 rings (SSSR count). The summed E-state index contributed by atoms with van der Waals surface area (Å²) >= 11 is 0. The molecular weight excluding hydrogens is 336 g/mol. The van der Waals surface area contributed by atoms with E-state index in [0.717, 1.165) is 19.3 Å². The topological polar surface area (TPSA) is 49.7 Å². The van der Waals surface area contributed by atoms with Gasteiger partial charge in [-0.05, 0) is 19.3 Å². The molecule has 0 amide bonds. The second kappa shape index (κ2) is 23.9. The number of methoxy groups -OCH3 is 1. The molecule has 3 nitrogen and oxygen atoms in total. The van der Waals surface area contributed by atoms with Crippen LogP contribution in [-0.4, -0.2) is 30.2 Å². The fourth-order valence-electron chi connectivity index (χ4n) is 3.73. The molecule has 0 saturated heterocycles. The highest BCUT2D eigenvalue weighted by atomic mass is 16.6. The molecule has 164 valence electrons. The van der Waals surface area contributed by atoms with Gasteiger partial charge in [0, 0.05) is 13.7 Å². The van der Waals surface area contributed by atoms with Gasteiger partial charge in [-0.15, -0.1) is 0 Å². The Hall–Kier alpha value is -0.120. The lowest BCUT2D eigenvalue weighted by molar-refractivity contribution is -0.0793. The Morgan fingerprint density at radius 3 is 1.00 bits per heavy atom. The van der Waals surface area contributed by atoms with Crippen molar-refractivity contribution in [2.45, 2.75) is 141 Å². The van der Waals surface area contributed by atoms with Crippen molar-refractivity contribution in [3.05, 3.63) is 0 Å². The van der Waals surface area contributed by atoms with Crippen LogP contribution in [0.3, 0.4) is 0 Å². The van der Waals surface area contributed by atoms with Crippen LogP contribution in [0, 0.1) is 0 Å². The fraction of sp³-hybridized carbons (Fsp3) is 1.00. The summed E-state index contributed by atoms with van der Waals surface area (Å²) in [7, 11) is 1.57. The molecule has 0 fully saturated rings. The molecule has 1 unspecified atom stereocenters. The largest absolute Gasteiger partial charge is 0.396 e. The standard InChI is InChI=1S/C24H50O3/c1-27-24(26)22-20-18-16-14-12-10-8-6-4-2-3-5-7-9-11-13-15-17-19-21-23-25/h24-26H,2-23H2,1H3. The van der Waals surface area contributed by atoms with Crippen LogP contribution in [0.5, 0.6) is 0 Å². The molecule has 0 radical (unpaired) electrons. The van der Waals surface area contributed by atoms with Gasteiger partial charge in [-0.25, -0.2) is 0 Å². The van der Waals surface area contributed by atoms with Crippen LogP contribution in [0.25, 0.3) is 0 Å². The molecule has 0 aliphatic carbocycles. The first-order valence-electron chi connectivity index (χ1n) is 12.1. The first-order valence-corrected chi connectivity index (χ1v) is 12.1. The summed E-state index contributed by atoms with van der Waals surface area (Å²) in [5.74, 6) is 0. The second-order valence-electron chi connectivity index (χ2n) is 8.27. The van der Waals surface area contributed by atoms with Gasteiger partial charge in [0.15, 0.2) is 6.29 Å². The van der Waals surface area contributed by atoms with Crippen molar-refractivity contribution in [2.24, 2.45) is 0 Å².